The van der Waals surface area contributed by atoms with Crippen LogP contribution in [-0.4, -0.2) is 24.7 Å². The Morgan fingerprint density at radius 3 is 2.65 bits per heavy atom. The molecule has 0 radical (unpaired) electrons. The van der Waals surface area contributed by atoms with E-state index < -0.39 is 0 Å². The summed E-state index contributed by atoms with van der Waals surface area (Å²) in [5.74, 6) is 2.97. The van der Waals surface area contributed by atoms with Crippen LogP contribution in [0, 0.1) is 6.92 Å². The molecule has 2 aromatic rings. The second-order valence-corrected chi connectivity index (χ2v) is 6.48. The molecule has 0 atom stereocenters. The van der Waals surface area contributed by atoms with Gasteiger partial charge in [0.05, 0.1) is 0 Å². The Hall–Kier alpha value is -1.63. The van der Waals surface area contributed by atoms with Gasteiger partial charge >= 0.3 is 0 Å². The van der Waals surface area contributed by atoms with Gasteiger partial charge in [0.2, 0.25) is 0 Å². The van der Waals surface area contributed by atoms with Crippen molar-refractivity contribution in [1.29, 1.82) is 0 Å². The van der Waals surface area contributed by atoms with Crippen LogP contribution < -0.4 is 5.73 Å². The zero-order chi connectivity index (χ0) is 13.7. The second-order valence-electron chi connectivity index (χ2n) is 5.50. The van der Waals surface area contributed by atoms with Gasteiger partial charge < -0.3 is 10.3 Å². The van der Waals surface area contributed by atoms with Crippen LogP contribution in [0.1, 0.15) is 49.3 Å². The van der Waals surface area contributed by atoms with Gasteiger partial charge in [0.25, 0.3) is 0 Å². The standard InChI is InChI=1S/C13H16N6S/c1-7-15-10(14)6-11(16-7)20-13-18-17-12(8-2-3-8)19(13)9-4-5-9/h6,8-9H,2-5H2,1H3,(H2,14,15,16). The topological polar surface area (TPSA) is 82.5 Å². The lowest BCUT2D eigenvalue weighted by molar-refractivity contribution is 0.626. The van der Waals surface area contributed by atoms with Crippen molar-refractivity contribution in [2.75, 3.05) is 5.73 Å². The van der Waals surface area contributed by atoms with Gasteiger partial charge in [-0.3, -0.25) is 0 Å². The first-order chi connectivity index (χ1) is 9.70. The third-order valence-electron chi connectivity index (χ3n) is 3.58. The predicted molar refractivity (Wildman–Crippen MR) is 75.6 cm³/mol. The quantitative estimate of drug-likeness (QED) is 0.869. The van der Waals surface area contributed by atoms with Crippen molar-refractivity contribution in [2.45, 2.75) is 54.7 Å². The van der Waals surface area contributed by atoms with E-state index in [4.69, 9.17) is 5.73 Å². The second kappa shape index (κ2) is 4.44. The summed E-state index contributed by atoms with van der Waals surface area (Å²) in [5.41, 5.74) is 5.78. The number of anilines is 1. The average Bonchev–Trinajstić information content (AvgIpc) is 3.28. The molecular formula is C13H16N6S. The molecule has 6 nitrogen and oxygen atoms in total. The zero-order valence-electron chi connectivity index (χ0n) is 11.3. The number of nitrogen functional groups attached to an aromatic ring is 1. The smallest absolute Gasteiger partial charge is 0.197 e. The van der Waals surface area contributed by atoms with Gasteiger partial charge in [0.15, 0.2) is 5.16 Å². The molecule has 2 aromatic heterocycles. The molecule has 7 heteroatoms. The van der Waals surface area contributed by atoms with Crippen LogP contribution in [0.2, 0.25) is 0 Å². The number of nitrogens with zero attached hydrogens (tertiary/aromatic N) is 5. The summed E-state index contributed by atoms with van der Waals surface area (Å²) in [4.78, 5) is 8.51. The van der Waals surface area contributed by atoms with Crippen molar-refractivity contribution < 1.29 is 0 Å². The summed E-state index contributed by atoms with van der Waals surface area (Å²) in [6, 6.07) is 2.38. The van der Waals surface area contributed by atoms with Crippen LogP contribution in [-0.2, 0) is 0 Å². The fourth-order valence-corrected chi connectivity index (χ4v) is 3.33. The number of hydrogen-bond acceptors (Lipinski definition) is 6. The van der Waals surface area contributed by atoms with Crippen molar-refractivity contribution in [3.8, 4) is 0 Å². The molecule has 0 aliphatic heterocycles. The van der Waals surface area contributed by atoms with E-state index in [0.29, 0.717) is 23.6 Å². The first-order valence-electron chi connectivity index (χ1n) is 6.94. The fourth-order valence-electron chi connectivity index (χ4n) is 2.36. The van der Waals surface area contributed by atoms with E-state index in [2.05, 4.69) is 24.7 Å². The van der Waals surface area contributed by atoms with E-state index in [-0.39, 0.29) is 0 Å². The Labute approximate surface area is 121 Å². The number of aryl methyl sites for hydroxylation is 1. The molecule has 0 saturated heterocycles. The molecule has 2 fully saturated rings. The molecule has 2 N–H and O–H groups in total. The minimum atomic E-state index is 0.500. The maximum Gasteiger partial charge on any atom is 0.197 e. The molecule has 0 amide bonds. The first kappa shape index (κ1) is 12.1. The summed E-state index contributed by atoms with van der Waals surface area (Å²) in [6.07, 6.45) is 4.96. The van der Waals surface area contributed by atoms with Gasteiger partial charge in [-0.2, -0.15) is 0 Å². The van der Waals surface area contributed by atoms with Crippen molar-refractivity contribution in [3.63, 3.8) is 0 Å². The average molecular weight is 288 g/mol. The van der Waals surface area contributed by atoms with Gasteiger partial charge in [-0.1, -0.05) is 0 Å². The molecule has 104 valence electrons. The summed E-state index contributed by atoms with van der Waals surface area (Å²) >= 11 is 1.54. The summed E-state index contributed by atoms with van der Waals surface area (Å²) in [6.45, 7) is 1.85. The largest absolute Gasteiger partial charge is 0.384 e. The van der Waals surface area contributed by atoms with E-state index in [1.807, 2.05) is 6.92 Å². The van der Waals surface area contributed by atoms with Gasteiger partial charge in [-0.05, 0) is 44.4 Å². The lowest BCUT2D eigenvalue weighted by atomic mass is 10.4. The Morgan fingerprint density at radius 1 is 1.20 bits per heavy atom. The molecule has 2 heterocycles. The highest BCUT2D eigenvalue weighted by Crippen LogP contribution is 2.46. The molecule has 2 aliphatic rings. The summed E-state index contributed by atoms with van der Waals surface area (Å²) < 4.78 is 2.32. The van der Waals surface area contributed by atoms with Gasteiger partial charge in [0.1, 0.15) is 22.5 Å². The Balaban J connectivity index is 1.68. The van der Waals surface area contributed by atoms with E-state index in [9.17, 15) is 0 Å². The third-order valence-corrected chi connectivity index (χ3v) is 4.45. The Kier molecular flexibility index (Phi) is 2.70. The third kappa shape index (κ3) is 2.26. The van der Waals surface area contributed by atoms with Crippen molar-refractivity contribution in [1.82, 2.24) is 24.7 Å². The zero-order valence-corrected chi connectivity index (χ0v) is 12.1. The first-order valence-corrected chi connectivity index (χ1v) is 7.76. The van der Waals surface area contributed by atoms with Crippen molar-refractivity contribution in [3.05, 3.63) is 17.7 Å². The molecule has 20 heavy (non-hydrogen) atoms. The van der Waals surface area contributed by atoms with Crippen LogP contribution in [0.4, 0.5) is 5.82 Å². The van der Waals surface area contributed by atoms with E-state index in [0.717, 1.165) is 16.0 Å². The van der Waals surface area contributed by atoms with E-state index >= 15 is 0 Å². The minimum Gasteiger partial charge on any atom is -0.384 e. The molecule has 0 spiro atoms. The Bertz CT molecular complexity index is 639. The van der Waals surface area contributed by atoms with Crippen LogP contribution in [0.5, 0.6) is 0 Å². The predicted octanol–water partition coefficient (Wildman–Crippen LogP) is 2.32. The molecular weight excluding hydrogens is 272 g/mol. The van der Waals surface area contributed by atoms with Gasteiger partial charge in [-0.15, -0.1) is 10.2 Å². The highest BCUT2D eigenvalue weighted by atomic mass is 32.2. The lowest BCUT2D eigenvalue weighted by Gasteiger charge is -2.08. The maximum absolute atomic E-state index is 5.78. The molecule has 0 bridgehead atoms. The highest BCUT2D eigenvalue weighted by molar-refractivity contribution is 7.99. The molecule has 2 aliphatic carbocycles. The van der Waals surface area contributed by atoms with Crippen LogP contribution in [0.15, 0.2) is 16.2 Å². The van der Waals surface area contributed by atoms with Crippen LogP contribution >= 0.6 is 11.8 Å². The highest BCUT2D eigenvalue weighted by Gasteiger charge is 2.36. The normalized spacial score (nSPS) is 18.4. The number of aromatic nitrogens is 5. The lowest BCUT2D eigenvalue weighted by Crippen LogP contribution is -2.02. The Morgan fingerprint density at radius 2 is 2.00 bits per heavy atom. The van der Waals surface area contributed by atoms with Crippen LogP contribution in [0.3, 0.4) is 0 Å². The molecule has 2 saturated carbocycles. The number of hydrogen-bond donors (Lipinski definition) is 1. The van der Waals surface area contributed by atoms with Gasteiger partial charge in [-0.25, -0.2) is 9.97 Å². The SMILES string of the molecule is Cc1nc(N)cc(Sc2nnc(C3CC3)n2C2CC2)n1. The fraction of sp³-hybridized carbons (Fsp3) is 0.538. The number of nitrogens with two attached hydrogens (primary N) is 1. The van der Waals surface area contributed by atoms with Crippen molar-refractivity contribution >= 4 is 17.6 Å². The van der Waals surface area contributed by atoms with Gasteiger partial charge in [0, 0.05) is 18.0 Å². The molecule has 4 rings (SSSR count). The molecule has 0 unspecified atom stereocenters. The van der Waals surface area contributed by atoms with E-state index in [1.165, 1.54) is 37.4 Å². The maximum atomic E-state index is 5.78. The summed E-state index contributed by atoms with van der Waals surface area (Å²) in [7, 11) is 0. The summed E-state index contributed by atoms with van der Waals surface area (Å²) in [5, 5.41) is 10.5. The van der Waals surface area contributed by atoms with Crippen molar-refractivity contribution in [2.24, 2.45) is 0 Å². The van der Waals surface area contributed by atoms with Crippen LogP contribution in [0.25, 0.3) is 0 Å². The molecule has 0 aromatic carbocycles. The monoisotopic (exact) mass is 288 g/mol. The van der Waals surface area contributed by atoms with E-state index in [1.54, 1.807) is 6.07 Å². The minimum absolute atomic E-state index is 0.500. The number of rotatable bonds is 4.